The molecule has 2 heterocycles. The molecule has 1 N–H and O–H groups in total. The number of carbonyl (C=O) groups excluding carboxylic acids is 1. The number of Topliss-reactive ketones (excluding diaryl/α,β-unsaturated/α-hetero) is 1. The standard InChI is InChI=1S/C10H15N3O3S/c1-2-9-11-6-10(12-9)17(15,16)13-5-3-4-8(14)7-13/h6H,2-5,7H2,1H3,(H,11,12). The number of sulfonamides is 1. The molecular formula is C10H15N3O3S. The summed E-state index contributed by atoms with van der Waals surface area (Å²) in [6.45, 7) is 2.26. The lowest BCUT2D eigenvalue weighted by molar-refractivity contribution is -0.120. The Morgan fingerprint density at radius 3 is 2.88 bits per heavy atom. The minimum Gasteiger partial charge on any atom is -0.332 e. The number of aromatic nitrogens is 2. The van der Waals surface area contributed by atoms with Crippen molar-refractivity contribution in [2.45, 2.75) is 31.2 Å². The molecule has 1 saturated heterocycles. The van der Waals surface area contributed by atoms with Gasteiger partial charge in [-0.1, -0.05) is 6.92 Å². The van der Waals surface area contributed by atoms with Gasteiger partial charge in [0.1, 0.15) is 11.6 Å². The lowest BCUT2D eigenvalue weighted by Crippen LogP contribution is -2.40. The van der Waals surface area contributed by atoms with Crippen LogP contribution in [-0.2, 0) is 21.2 Å². The molecule has 0 radical (unpaired) electrons. The number of nitrogens with zero attached hydrogens (tertiary/aromatic N) is 2. The third-order valence-corrected chi connectivity index (χ3v) is 4.53. The summed E-state index contributed by atoms with van der Waals surface area (Å²) in [4.78, 5) is 18.0. The van der Waals surface area contributed by atoms with Gasteiger partial charge in [-0.3, -0.25) is 4.79 Å². The number of H-pyrrole nitrogens is 1. The van der Waals surface area contributed by atoms with E-state index in [0.717, 1.165) is 0 Å². The largest absolute Gasteiger partial charge is 0.332 e. The molecule has 1 aliphatic rings. The van der Waals surface area contributed by atoms with Crippen molar-refractivity contribution in [1.82, 2.24) is 14.3 Å². The van der Waals surface area contributed by atoms with Gasteiger partial charge in [0.05, 0.1) is 12.7 Å². The molecule has 2 rings (SSSR count). The number of ketones is 1. The normalized spacial score (nSPS) is 18.5. The molecule has 0 aromatic carbocycles. The Morgan fingerprint density at radius 1 is 1.53 bits per heavy atom. The average molecular weight is 257 g/mol. The molecule has 1 aliphatic heterocycles. The fourth-order valence-corrected chi connectivity index (χ4v) is 3.20. The molecule has 0 unspecified atom stereocenters. The predicted octanol–water partition coefficient (Wildman–Crippen LogP) is 0.326. The van der Waals surface area contributed by atoms with Crippen LogP contribution in [0.4, 0.5) is 0 Å². The molecule has 6 nitrogen and oxygen atoms in total. The fourth-order valence-electron chi connectivity index (χ4n) is 1.81. The van der Waals surface area contributed by atoms with Crippen LogP contribution in [0.2, 0.25) is 0 Å². The monoisotopic (exact) mass is 257 g/mol. The van der Waals surface area contributed by atoms with Gasteiger partial charge >= 0.3 is 0 Å². The number of rotatable bonds is 3. The van der Waals surface area contributed by atoms with E-state index in [1.54, 1.807) is 0 Å². The summed E-state index contributed by atoms with van der Waals surface area (Å²) in [6.07, 6.45) is 3.02. The molecule has 0 saturated carbocycles. The highest BCUT2D eigenvalue weighted by Gasteiger charge is 2.30. The second-order valence-corrected chi connectivity index (χ2v) is 5.93. The van der Waals surface area contributed by atoms with E-state index in [-0.39, 0.29) is 17.4 Å². The summed E-state index contributed by atoms with van der Waals surface area (Å²) in [5.74, 6) is 0.599. The molecule has 1 fully saturated rings. The molecule has 0 atom stereocenters. The Balaban J connectivity index is 2.26. The molecule has 0 amide bonds. The zero-order valence-electron chi connectivity index (χ0n) is 9.64. The smallest absolute Gasteiger partial charge is 0.260 e. The second-order valence-electron chi connectivity index (χ2n) is 4.03. The van der Waals surface area contributed by atoms with Crippen molar-refractivity contribution in [1.29, 1.82) is 0 Å². The Morgan fingerprint density at radius 2 is 2.29 bits per heavy atom. The predicted molar refractivity (Wildman–Crippen MR) is 61.0 cm³/mol. The Hall–Kier alpha value is -1.21. The summed E-state index contributed by atoms with van der Waals surface area (Å²) in [7, 11) is -3.59. The van der Waals surface area contributed by atoms with Crippen molar-refractivity contribution in [3.8, 4) is 0 Å². The molecule has 0 aliphatic carbocycles. The van der Waals surface area contributed by atoms with Crippen molar-refractivity contribution < 1.29 is 13.2 Å². The molecule has 7 heteroatoms. The van der Waals surface area contributed by atoms with E-state index in [4.69, 9.17) is 0 Å². The molecule has 17 heavy (non-hydrogen) atoms. The van der Waals surface area contributed by atoms with E-state index in [2.05, 4.69) is 9.97 Å². The molecular weight excluding hydrogens is 242 g/mol. The third kappa shape index (κ3) is 2.39. The minimum absolute atomic E-state index is 0.0250. The first-order valence-corrected chi connectivity index (χ1v) is 7.03. The Bertz CT molecular complexity index is 521. The first-order chi connectivity index (χ1) is 8.04. The van der Waals surface area contributed by atoms with Crippen LogP contribution < -0.4 is 0 Å². The zero-order valence-corrected chi connectivity index (χ0v) is 10.5. The van der Waals surface area contributed by atoms with Crippen molar-refractivity contribution in [3.05, 3.63) is 12.0 Å². The quantitative estimate of drug-likeness (QED) is 0.845. The number of aryl methyl sites for hydroxylation is 1. The van der Waals surface area contributed by atoms with Gasteiger partial charge in [-0.2, -0.15) is 4.31 Å². The van der Waals surface area contributed by atoms with Crippen LogP contribution in [0.3, 0.4) is 0 Å². The summed E-state index contributed by atoms with van der Waals surface area (Å²) in [5.41, 5.74) is 0. The zero-order chi connectivity index (χ0) is 12.5. The summed E-state index contributed by atoms with van der Waals surface area (Å²) in [6, 6.07) is 0. The van der Waals surface area contributed by atoms with Crippen molar-refractivity contribution in [2.75, 3.05) is 13.1 Å². The van der Waals surface area contributed by atoms with Gasteiger partial charge < -0.3 is 4.98 Å². The van der Waals surface area contributed by atoms with E-state index < -0.39 is 10.0 Å². The van der Waals surface area contributed by atoms with E-state index in [1.807, 2.05) is 6.92 Å². The highest BCUT2D eigenvalue weighted by atomic mass is 32.2. The number of hydrogen-bond acceptors (Lipinski definition) is 4. The minimum atomic E-state index is -3.59. The number of hydrogen-bond donors (Lipinski definition) is 1. The van der Waals surface area contributed by atoms with Crippen LogP contribution >= 0.6 is 0 Å². The van der Waals surface area contributed by atoms with Crippen LogP contribution in [0.25, 0.3) is 0 Å². The van der Waals surface area contributed by atoms with Crippen molar-refractivity contribution in [3.63, 3.8) is 0 Å². The van der Waals surface area contributed by atoms with Crippen LogP contribution in [0, 0.1) is 0 Å². The van der Waals surface area contributed by atoms with Gasteiger partial charge in [-0.15, -0.1) is 0 Å². The number of nitrogens with one attached hydrogen (secondary N) is 1. The number of carbonyl (C=O) groups is 1. The topological polar surface area (TPSA) is 83.1 Å². The van der Waals surface area contributed by atoms with Crippen LogP contribution in [0.5, 0.6) is 0 Å². The van der Waals surface area contributed by atoms with E-state index in [1.165, 1.54) is 10.5 Å². The summed E-state index contributed by atoms with van der Waals surface area (Å²) >= 11 is 0. The van der Waals surface area contributed by atoms with Crippen LogP contribution in [0.1, 0.15) is 25.6 Å². The molecule has 94 valence electrons. The van der Waals surface area contributed by atoms with Gasteiger partial charge in [-0.25, -0.2) is 13.4 Å². The maximum Gasteiger partial charge on any atom is 0.260 e. The molecule has 1 aromatic heterocycles. The van der Waals surface area contributed by atoms with Crippen LogP contribution in [-0.4, -0.2) is 41.6 Å². The Kier molecular flexibility index (Phi) is 3.30. The second kappa shape index (κ2) is 4.58. The third-order valence-electron chi connectivity index (χ3n) is 2.77. The lowest BCUT2D eigenvalue weighted by Gasteiger charge is -2.24. The van der Waals surface area contributed by atoms with E-state index in [9.17, 15) is 13.2 Å². The van der Waals surface area contributed by atoms with Gasteiger partial charge in [0.15, 0.2) is 5.03 Å². The van der Waals surface area contributed by atoms with Gasteiger partial charge in [0.25, 0.3) is 10.0 Å². The molecule has 0 bridgehead atoms. The Labute approximate surface area is 100 Å². The maximum absolute atomic E-state index is 12.2. The number of imidazole rings is 1. The summed E-state index contributed by atoms with van der Waals surface area (Å²) in [5, 5.41) is 0.0732. The first-order valence-electron chi connectivity index (χ1n) is 5.59. The number of aromatic amines is 1. The van der Waals surface area contributed by atoms with E-state index in [0.29, 0.717) is 31.6 Å². The number of piperidine rings is 1. The van der Waals surface area contributed by atoms with Crippen molar-refractivity contribution >= 4 is 15.8 Å². The van der Waals surface area contributed by atoms with Crippen LogP contribution in [0.15, 0.2) is 11.2 Å². The molecule has 1 aromatic rings. The average Bonchev–Trinajstić information content (AvgIpc) is 2.78. The summed E-state index contributed by atoms with van der Waals surface area (Å²) < 4.78 is 25.5. The van der Waals surface area contributed by atoms with Gasteiger partial charge in [-0.05, 0) is 6.42 Å². The maximum atomic E-state index is 12.2. The SMILES string of the molecule is CCc1ncc(S(=O)(=O)N2CCCC(=O)C2)[nH]1. The van der Waals surface area contributed by atoms with Gasteiger partial charge in [0.2, 0.25) is 0 Å². The highest BCUT2D eigenvalue weighted by molar-refractivity contribution is 7.89. The fraction of sp³-hybridized carbons (Fsp3) is 0.600. The highest BCUT2D eigenvalue weighted by Crippen LogP contribution is 2.17. The van der Waals surface area contributed by atoms with Crippen molar-refractivity contribution in [2.24, 2.45) is 0 Å². The van der Waals surface area contributed by atoms with E-state index >= 15 is 0 Å². The van der Waals surface area contributed by atoms with Gasteiger partial charge in [0, 0.05) is 19.4 Å². The first kappa shape index (κ1) is 12.3. The molecule has 0 spiro atoms. The lowest BCUT2D eigenvalue weighted by atomic mass is 10.1.